The largest absolute Gasteiger partial charge is 0.413 e. The maximum atomic E-state index is 6.50. The van der Waals surface area contributed by atoms with E-state index in [1.165, 1.54) is 18.2 Å². The second kappa shape index (κ2) is 12.8. The smallest absolute Gasteiger partial charge is 0.192 e. The second-order valence-electron chi connectivity index (χ2n) is 11.7. The molecule has 8 heteroatoms. The fourth-order valence-electron chi connectivity index (χ4n) is 2.54. The van der Waals surface area contributed by atoms with Gasteiger partial charge in [-0.05, 0) is 59.5 Å². The van der Waals surface area contributed by atoms with Crippen LogP contribution in [0.2, 0.25) is 36.3 Å². The highest BCUT2D eigenvalue weighted by Gasteiger charge is 2.38. The molecule has 0 fully saturated rings. The third-order valence-corrected chi connectivity index (χ3v) is 15.8. The van der Waals surface area contributed by atoms with Gasteiger partial charge in [0.1, 0.15) is 6.61 Å². The molecule has 0 unspecified atom stereocenters. The predicted molar refractivity (Wildman–Crippen MR) is 143 cm³/mol. The van der Waals surface area contributed by atoms with E-state index < -0.39 is 16.6 Å². The molecule has 6 nitrogen and oxygen atoms in total. The molecular weight excluding hydrogens is 450 g/mol. The van der Waals surface area contributed by atoms with Gasteiger partial charge in [0.2, 0.25) is 0 Å². The molecule has 0 heterocycles. The summed E-state index contributed by atoms with van der Waals surface area (Å²) in [5, 5.41) is 3.85. The lowest BCUT2D eigenvalue weighted by Gasteiger charge is -2.36. The highest BCUT2D eigenvalue weighted by molar-refractivity contribution is 6.74. The summed E-state index contributed by atoms with van der Waals surface area (Å²) < 4.78 is 18.6. The van der Waals surface area contributed by atoms with Gasteiger partial charge in [0.15, 0.2) is 16.6 Å². The predicted octanol–water partition coefficient (Wildman–Crippen LogP) is 6.74. The molecule has 192 valence electrons. The van der Waals surface area contributed by atoms with Gasteiger partial charge in [0.05, 0.1) is 33.5 Å². The Kier molecular flexibility index (Phi) is 11.8. The first-order valence-electron chi connectivity index (χ1n) is 12.0. The highest BCUT2D eigenvalue weighted by atomic mass is 28.4. The number of benzene rings is 1. The van der Waals surface area contributed by atoms with E-state index in [1.807, 2.05) is 0 Å². The Balaban J connectivity index is 2.89. The lowest BCUT2D eigenvalue weighted by Crippen LogP contribution is -2.40. The van der Waals surface area contributed by atoms with E-state index in [-0.39, 0.29) is 10.1 Å². The second-order valence-corrected chi connectivity index (χ2v) is 21.3. The molecule has 33 heavy (non-hydrogen) atoms. The zero-order chi connectivity index (χ0) is 25.3. The van der Waals surface area contributed by atoms with E-state index in [1.54, 1.807) is 0 Å². The van der Waals surface area contributed by atoms with Crippen LogP contribution in [0.4, 0.5) is 5.69 Å². The van der Waals surface area contributed by atoms with Gasteiger partial charge in [-0.15, -0.1) is 0 Å². The Bertz CT molecular complexity index is 663. The van der Waals surface area contributed by atoms with Crippen molar-refractivity contribution in [1.82, 2.24) is 0 Å². The Morgan fingerprint density at radius 2 is 1.21 bits per heavy atom. The summed E-state index contributed by atoms with van der Waals surface area (Å²) in [7, 11) is -2.16. The molecule has 0 bridgehead atoms. The Hall–Kier alpha value is -0.746. The number of nitrogens with one attached hydrogen (secondary N) is 1. The third-order valence-electron chi connectivity index (χ3n) is 6.87. The molecule has 1 aromatic rings. The summed E-state index contributed by atoms with van der Waals surface area (Å²) in [4.78, 5) is 9.39. The van der Waals surface area contributed by atoms with Crippen molar-refractivity contribution in [3.05, 3.63) is 29.3 Å². The van der Waals surface area contributed by atoms with Crippen LogP contribution in [0, 0.1) is 0 Å². The van der Waals surface area contributed by atoms with Gasteiger partial charge in [-0.1, -0.05) is 47.6 Å². The van der Waals surface area contributed by atoms with Crippen molar-refractivity contribution in [2.24, 2.45) is 0 Å². The summed E-state index contributed by atoms with van der Waals surface area (Å²) in [6.45, 7) is 26.3. The van der Waals surface area contributed by atoms with Gasteiger partial charge in [0, 0.05) is 12.2 Å². The van der Waals surface area contributed by atoms with Gasteiger partial charge in [0.25, 0.3) is 0 Å². The first-order valence-corrected chi connectivity index (χ1v) is 17.8. The molecule has 1 N–H and O–H groups in total. The van der Waals surface area contributed by atoms with Crippen LogP contribution in [0.1, 0.15) is 52.7 Å². The van der Waals surface area contributed by atoms with Gasteiger partial charge >= 0.3 is 0 Å². The normalized spacial score (nSPS) is 13.4. The van der Waals surface area contributed by atoms with Crippen molar-refractivity contribution < 1.29 is 23.4 Å². The van der Waals surface area contributed by atoms with Crippen LogP contribution in [0.5, 0.6) is 0 Å². The van der Waals surface area contributed by atoms with Gasteiger partial charge in [-0.3, -0.25) is 0 Å². The van der Waals surface area contributed by atoms with Gasteiger partial charge in [-0.25, -0.2) is 9.78 Å². The van der Waals surface area contributed by atoms with Crippen LogP contribution in [0.3, 0.4) is 0 Å². The Morgan fingerprint density at radius 1 is 0.727 bits per heavy atom. The topological polar surface area (TPSA) is 58.2 Å². The minimum Gasteiger partial charge on any atom is -0.413 e. The van der Waals surface area contributed by atoms with Gasteiger partial charge in [-0.2, -0.15) is 0 Å². The third kappa shape index (κ3) is 10.6. The van der Waals surface area contributed by atoms with Crippen molar-refractivity contribution in [3.63, 3.8) is 0 Å². The summed E-state index contributed by atoms with van der Waals surface area (Å²) in [5.41, 5.74) is 3.41. The maximum absolute atomic E-state index is 6.50. The molecule has 0 radical (unpaired) electrons. The molecule has 0 saturated heterocycles. The van der Waals surface area contributed by atoms with Crippen LogP contribution in [0.25, 0.3) is 0 Å². The monoisotopic (exact) mass is 499 g/mol. The molecule has 0 aliphatic carbocycles. The average molecular weight is 500 g/mol. The fraction of sp³-hybridized carbons (Fsp3) is 0.760. The number of hydrogen-bond acceptors (Lipinski definition) is 6. The number of hydrogen-bond donors (Lipinski definition) is 1. The van der Waals surface area contributed by atoms with Crippen LogP contribution in [0.15, 0.2) is 18.2 Å². The Labute approximate surface area is 204 Å². The SMILES string of the molecule is COOCCOCCNc1cc(CO[Si](C)(C)C(C)(C)C)cc(CO[Si](C)(C)C(C)(C)C)c1. The molecule has 0 spiro atoms. The number of rotatable bonds is 14. The lowest BCUT2D eigenvalue weighted by molar-refractivity contribution is -0.277. The molecule has 0 aliphatic rings. The van der Waals surface area contributed by atoms with Crippen LogP contribution >= 0.6 is 0 Å². The minimum absolute atomic E-state index is 0.182. The summed E-state index contributed by atoms with van der Waals surface area (Å²) in [6, 6.07) is 6.58. The van der Waals surface area contributed by atoms with E-state index in [2.05, 4.69) is 96.1 Å². The van der Waals surface area contributed by atoms with E-state index in [0.29, 0.717) is 39.6 Å². The molecule has 1 rings (SSSR count). The fourth-order valence-corrected chi connectivity index (χ4v) is 4.46. The summed E-state index contributed by atoms with van der Waals surface area (Å²) in [5.74, 6) is 0. The maximum Gasteiger partial charge on any atom is 0.192 e. The first kappa shape index (κ1) is 30.3. The quantitative estimate of drug-likeness (QED) is 0.132. The van der Waals surface area contributed by atoms with Gasteiger partial charge < -0.3 is 18.9 Å². The van der Waals surface area contributed by atoms with Crippen LogP contribution < -0.4 is 5.32 Å². The summed E-state index contributed by atoms with van der Waals surface area (Å²) in [6.07, 6.45) is 0. The van der Waals surface area contributed by atoms with Crippen molar-refractivity contribution in [2.45, 2.75) is 91.0 Å². The highest BCUT2D eigenvalue weighted by Crippen LogP contribution is 2.38. The molecule has 1 aromatic carbocycles. The number of anilines is 1. The van der Waals surface area contributed by atoms with E-state index >= 15 is 0 Å². The standard InChI is InChI=1S/C25H49NO5Si2/c1-24(2,3)32(8,9)30-19-21-16-22(20-31-33(10,11)25(4,5)6)18-23(17-21)26-12-13-28-14-15-29-27-7/h16-18,26H,12-15,19-20H2,1-11H3. The van der Waals surface area contributed by atoms with Crippen LogP contribution in [-0.2, 0) is 36.6 Å². The molecule has 0 amide bonds. The zero-order valence-electron chi connectivity index (χ0n) is 23.0. The molecule has 0 aliphatic heterocycles. The molecule has 0 aromatic heterocycles. The molecular formula is C25H49NO5Si2. The Morgan fingerprint density at radius 3 is 1.64 bits per heavy atom. The van der Waals surface area contributed by atoms with E-state index in [0.717, 1.165) is 5.69 Å². The van der Waals surface area contributed by atoms with Crippen molar-refractivity contribution >= 4 is 22.3 Å². The summed E-state index contributed by atoms with van der Waals surface area (Å²) >= 11 is 0. The van der Waals surface area contributed by atoms with Crippen molar-refractivity contribution in [2.75, 3.05) is 38.8 Å². The van der Waals surface area contributed by atoms with Crippen molar-refractivity contribution in [1.29, 1.82) is 0 Å². The van der Waals surface area contributed by atoms with Crippen molar-refractivity contribution in [3.8, 4) is 0 Å². The lowest BCUT2D eigenvalue weighted by atomic mass is 10.1. The molecule has 0 saturated carbocycles. The number of ether oxygens (including phenoxy) is 1. The van der Waals surface area contributed by atoms with E-state index in [9.17, 15) is 0 Å². The molecule has 0 atom stereocenters. The van der Waals surface area contributed by atoms with E-state index in [4.69, 9.17) is 18.5 Å². The average Bonchev–Trinajstić information content (AvgIpc) is 2.68. The first-order chi connectivity index (χ1) is 15.1. The van der Waals surface area contributed by atoms with Crippen LogP contribution in [-0.4, -0.2) is 50.1 Å². The minimum atomic E-state index is -1.83. The zero-order valence-corrected chi connectivity index (χ0v) is 25.0.